The predicted octanol–water partition coefficient (Wildman–Crippen LogP) is 8.19. The van der Waals surface area contributed by atoms with Crippen LogP contribution >= 0.6 is 41.7 Å². The molecule has 0 N–H and O–H groups in total. The van der Waals surface area contributed by atoms with E-state index in [1.807, 2.05) is 12.1 Å². The summed E-state index contributed by atoms with van der Waals surface area (Å²) in [7, 11) is 0. The van der Waals surface area contributed by atoms with Crippen LogP contribution in [-0.2, 0) is 0 Å². The molecule has 0 atom stereocenters. The molecule has 0 radical (unpaired) electrons. The van der Waals surface area contributed by atoms with E-state index in [9.17, 15) is 0 Å². The molecular weight excluding hydrogens is 510 g/mol. The SMILES string of the molecule is Clc1ccc2c(c1)C(=P(c1ccccc1)(c1ccccc1)c1ccccc1)c1cc(Cl)cc(Cl)c1-2. The molecule has 35 heavy (non-hydrogen) atoms. The van der Waals surface area contributed by atoms with Gasteiger partial charge in [-0.25, -0.2) is 0 Å². The van der Waals surface area contributed by atoms with Gasteiger partial charge in [0, 0.05) is 20.9 Å². The summed E-state index contributed by atoms with van der Waals surface area (Å²) in [6.07, 6.45) is 0. The zero-order chi connectivity index (χ0) is 24.0. The third kappa shape index (κ3) is 3.60. The summed E-state index contributed by atoms with van der Waals surface area (Å²) in [6.45, 7) is -2.38. The van der Waals surface area contributed by atoms with Gasteiger partial charge in [-0.15, -0.1) is 0 Å². The lowest BCUT2D eigenvalue weighted by Gasteiger charge is -2.32. The second kappa shape index (κ2) is 9.05. The lowest BCUT2D eigenvalue weighted by atomic mass is 10.1. The van der Waals surface area contributed by atoms with Crippen LogP contribution in [0.2, 0.25) is 15.1 Å². The average molecular weight is 530 g/mol. The molecule has 0 aromatic heterocycles. The molecule has 5 aromatic carbocycles. The van der Waals surface area contributed by atoms with Gasteiger partial charge in [0.15, 0.2) is 0 Å². The second-order valence-corrected chi connectivity index (χ2v) is 13.1. The molecule has 4 heteroatoms. The van der Waals surface area contributed by atoms with Crippen LogP contribution < -0.4 is 15.9 Å². The van der Waals surface area contributed by atoms with Crippen molar-refractivity contribution in [1.29, 1.82) is 0 Å². The summed E-state index contributed by atoms with van der Waals surface area (Å²) in [5.41, 5.74) is 4.30. The summed E-state index contributed by atoms with van der Waals surface area (Å²) in [5.74, 6) is 0. The van der Waals surface area contributed by atoms with Gasteiger partial charge >= 0.3 is 0 Å². The standard InChI is InChI=1S/C31H20Cl3P/c32-21-16-17-26-27(18-21)31(28-19-22(33)20-29(34)30(26)28)35(23-10-4-1-5-11-23,24-12-6-2-7-13-24)25-14-8-3-9-15-25/h1-20H. The average Bonchev–Trinajstić information content (AvgIpc) is 3.20. The Morgan fingerprint density at radius 1 is 0.429 bits per heavy atom. The van der Waals surface area contributed by atoms with Crippen LogP contribution in [0.15, 0.2) is 121 Å². The Labute approximate surface area is 220 Å². The molecule has 1 aliphatic carbocycles. The topological polar surface area (TPSA) is 0 Å². The molecule has 170 valence electrons. The zero-order valence-corrected chi connectivity index (χ0v) is 21.8. The molecule has 0 saturated heterocycles. The molecule has 0 saturated carbocycles. The van der Waals surface area contributed by atoms with Gasteiger partial charge in [0.05, 0.1) is 5.02 Å². The molecule has 0 unspecified atom stereocenters. The number of hydrogen-bond acceptors (Lipinski definition) is 0. The lowest BCUT2D eigenvalue weighted by molar-refractivity contribution is 1.64. The Kier molecular flexibility index (Phi) is 5.87. The van der Waals surface area contributed by atoms with Gasteiger partial charge in [0.25, 0.3) is 0 Å². The first-order valence-corrected chi connectivity index (χ1v) is 14.3. The first-order valence-electron chi connectivity index (χ1n) is 11.3. The summed E-state index contributed by atoms with van der Waals surface area (Å²) in [6, 6.07) is 42.4. The molecule has 0 aliphatic heterocycles. The van der Waals surface area contributed by atoms with E-state index in [1.54, 1.807) is 0 Å². The van der Waals surface area contributed by atoms with Crippen molar-refractivity contribution in [2.24, 2.45) is 0 Å². The van der Waals surface area contributed by atoms with Crippen LogP contribution in [0.1, 0.15) is 11.1 Å². The highest BCUT2D eigenvalue weighted by Crippen LogP contribution is 2.55. The quantitative estimate of drug-likeness (QED) is 0.203. The number of hydrogen-bond donors (Lipinski definition) is 0. The molecule has 6 rings (SSSR count). The molecule has 0 nitrogen and oxygen atoms in total. The Hall–Kier alpha value is -2.73. The molecule has 0 bridgehead atoms. The Morgan fingerprint density at radius 2 is 0.914 bits per heavy atom. The van der Waals surface area contributed by atoms with Crippen LogP contribution in [-0.4, -0.2) is 5.29 Å². The molecule has 1 aliphatic rings. The number of rotatable bonds is 3. The van der Waals surface area contributed by atoms with Crippen LogP contribution in [0.3, 0.4) is 0 Å². The minimum absolute atomic E-state index is 0.623. The zero-order valence-electron chi connectivity index (χ0n) is 18.6. The minimum atomic E-state index is -2.38. The van der Waals surface area contributed by atoms with Crippen LogP contribution in [0.25, 0.3) is 11.1 Å². The maximum Gasteiger partial charge on any atom is 0.0505 e. The van der Waals surface area contributed by atoms with E-state index >= 15 is 0 Å². The van der Waals surface area contributed by atoms with E-state index in [4.69, 9.17) is 34.8 Å². The van der Waals surface area contributed by atoms with Crippen LogP contribution in [0.5, 0.6) is 0 Å². The van der Waals surface area contributed by atoms with Crippen LogP contribution in [0.4, 0.5) is 0 Å². The van der Waals surface area contributed by atoms with Crippen molar-refractivity contribution in [3.05, 3.63) is 148 Å². The maximum absolute atomic E-state index is 6.88. The predicted molar refractivity (Wildman–Crippen MR) is 155 cm³/mol. The molecule has 5 aromatic rings. The number of benzene rings is 5. The third-order valence-electron chi connectivity index (χ3n) is 6.58. The number of halogens is 3. The monoisotopic (exact) mass is 528 g/mol. The van der Waals surface area contributed by atoms with Crippen molar-refractivity contribution in [3.63, 3.8) is 0 Å². The Bertz CT molecular complexity index is 1500. The highest BCUT2D eigenvalue weighted by Gasteiger charge is 2.37. The molecule has 0 amide bonds. The van der Waals surface area contributed by atoms with Crippen molar-refractivity contribution in [2.45, 2.75) is 0 Å². The minimum Gasteiger partial charge on any atom is -0.0843 e. The fourth-order valence-electron chi connectivity index (χ4n) is 5.26. The van der Waals surface area contributed by atoms with E-state index < -0.39 is 6.89 Å². The van der Waals surface area contributed by atoms with Crippen molar-refractivity contribution in [3.8, 4) is 11.1 Å². The van der Waals surface area contributed by atoms with Gasteiger partial charge in [-0.2, -0.15) is 0 Å². The Morgan fingerprint density at radius 3 is 1.43 bits per heavy atom. The molecular formula is C31H20Cl3P. The summed E-state index contributed by atoms with van der Waals surface area (Å²) in [4.78, 5) is 0. The van der Waals surface area contributed by atoms with Crippen LogP contribution in [0, 0.1) is 0 Å². The van der Waals surface area contributed by atoms with Crippen molar-refractivity contribution >= 4 is 62.9 Å². The first kappa shape index (κ1) is 22.7. The number of fused-ring (bicyclic) bond motifs is 3. The first-order chi connectivity index (χ1) is 17.1. The third-order valence-corrected chi connectivity index (χ3v) is 11.7. The second-order valence-electron chi connectivity index (χ2n) is 8.53. The molecule has 0 fully saturated rings. The van der Waals surface area contributed by atoms with Gasteiger partial charge < -0.3 is 0 Å². The van der Waals surface area contributed by atoms with Crippen molar-refractivity contribution in [2.75, 3.05) is 0 Å². The summed E-state index contributed by atoms with van der Waals surface area (Å²) in [5, 5.41) is 7.00. The van der Waals surface area contributed by atoms with E-state index in [0.717, 1.165) is 22.3 Å². The normalized spacial score (nSPS) is 12.4. The summed E-state index contributed by atoms with van der Waals surface area (Å²) >= 11 is 20.2. The van der Waals surface area contributed by atoms with Crippen molar-refractivity contribution in [1.82, 2.24) is 0 Å². The van der Waals surface area contributed by atoms with E-state index in [0.29, 0.717) is 15.1 Å². The highest BCUT2D eigenvalue weighted by atomic mass is 35.5. The maximum atomic E-state index is 6.88. The van der Waals surface area contributed by atoms with Gasteiger partial charge in [-0.05, 0) is 63.8 Å². The largest absolute Gasteiger partial charge is 0.0843 e. The smallest absolute Gasteiger partial charge is 0.0505 e. The van der Waals surface area contributed by atoms with E-state index in [2.05, 4.69) is 109 Å². The van der Waals surface area contributed by atoms with Gasteiger partial charge in [0.1, 0.15) is 0 Å². The fourth-order valence-corrected chi connectivity index (χ4v) is 10.6. The summed E-state index contributed by atoms with van der Waals surface area (Å²) < 4.78 is 0. The van der Waals surface area contributed by atoms with Crippen molar-refractivity contribution < 1.29 is 0 Å². The fraction of sp³-hybridized carbons (Fsp3) is 0. The lowest BCUT2D eigenvalue weighted by Crippen LogP contribution is -2.30. The molecule has 0 spiro atoms. The van der Waals surface area contributed by atoms with E-state index in [1.165, 1.54) is 21.2 Å². The molecule has 0 heterocycles. The van der Waals surface area contributed by atoms with E-state index in [-0.39, 0.29) is 0 Å². The van der Waals surface area contributed by atoms with Gasteiger partial charge in [0.2, 0.25) is 0 Å². The van der Waals surface area contributed by atoms with Gasteiger partial charge in [-0.3, -0.25) is 0 Å². The Balaban J connectivity index is 1.96. The van der Waals surface area contributed by atoms with Gasteiger partial charge in [-0.1, -0.05) is 132 Å². The highest BCUT2D eigenvalue weighted by molar-refractivity contribution is 7.96.